The van der Waals surface area contributed by atoms with Crippen molar-refractivity contribution in [1.29, 1.82) is 0 Å². The Kier molecular flexibility index (Phi) is 4.10. The van der Waals surface area contributed by atoms with Crippen LogP contribution in [0.5, 0.6) is 0 Å². The summed E-state index contributed by atoms with van der Waals surface area (Å²) >= 11 is 0. The lowest BCUT2D eigenvalue weighted by Crippen LogP contribution is -2.26. The molecule has 1 amide bonds. The van der Waals surface area contributed by atoms with Crippen LogP contribution in [0.4, 0.5) is 0 Å². The SMILES string of the molecule is CN(Cc1ccccc1-c1ccccc1)C(=O)c1cc(C2CC2)on1. The van der Waals surface area contributed by atoms with E-state index in [2.05, 4.69) is 29.4 Å². The van der Waals surface area contributed by atoms with Gasteiger partial charge in [-0.3, -0.25) is 4.79 Å². The smallest absolute Gasteiger partial charge is 0.276 e. The van der Waals surface area contributed by atoms with Gasteiger partial charge in [0, 0.05) is 25.6 Å². The number of amides is 1. The molecule has 1 fully saturated rings. The number of benzene rings is 2. The Balaban J connectivity index is 1.54. The van der Waals surface area contributed by atoms with Crippen LogP contribution in [0.2, 0.25) is 0 Å². The van der Waals surface area contributed by atoms with Crippen LogP contribution in [0.1, 0.15) is 40.6 Å². The molecule has 0 bridgehead atoms. The minimum atomic E-state index is -0.112. The molecule has 1 heterocycles. The molecule has 4 rings (SSSR count). The maximum absolute atomic E-state index is 12.7. The molecule has 0 N–H and O–H groups in total. The molecule has 0 spiro atoms. The summed E-state index contributed by atoms with van der Waals surface area (Å²) in [7, 11) is 1.80. The van der Waals surface area contributed by atoms with Crippen LogP contribution in [-0.4, -0.2) is 23.0 Å². The first kappa shape index (κ1) is 15.6. The molecule has 0 unspecified atom stereocenters. The summed E-state index contributed by atoms with van der Waals surface area (Å²) < 4.78 is 5.31. The summed E-state index contributed by atoms with van der Waals surface area (Å²) in [4.78, 5) is 14.3. The van der Waals surface area contributed by atoms with E-state index >= 15 is 0 Å². The van der Waals surface area contributed by atoms with E-state index in [9.17, 15) is 4.79 Å². The van der Waals surface area contributed by atoms with Crippen LogP contribution in [0, 0.1) is 0 Å². The summed E-state index contributed by atoms with van der Waals surface area (Å²) in [6.45, 7) is 0.523. The van der Waals surface area contributed by atoms with Gasteiger partial charge in [0.05, 0.1) is 0 Å². The van der Waals surface area contributed by atoms with Crippen molar-refractivity contribution in [2.45, 2.75) is 25.3 Å². The van der Waals surface area contributed by atoms with E-state index in [-0.39, 0.29) is 5.91 Å². The largest absolute Gasteiger partial charge is 0.360 e. The highest BCUT2D eigenvalue weighted by Gasteiger charge is 2.29. The van der Waals surface area contributed by atoms with Crippen molar-refractivity contribution < 1.29 is 9.32 Å². The highest BCUT2D eigenvalue weighted by atomic mass is 16.5. The molecule has 1 aromatic heterocycles. The van der Waals surface area contributed by atoms with E-state index in [1.807, 2.05) is 30.3 Å². The third kappa shape index (κ3) is 3.33. The predicted octanol–water partition coefficient (Wildman–Crippen LogP) is 4.49. The Morgan fingerprint density at radius 1 is 1.12 bits per heavy atom. The molecule has 25 heavy (non-hydrogen) atoms. The summed E-state index contributed by atoms with van der Waals surface area (Å²) in [6, 6.07) is 20.2. The van der Waals surface area contributed by atoms with E-state index in [4.69, 9.17) is 4.52 Å². The maximum atomic E-state index is 12.7. The van der Waals surface area contributed by atoms with Crippen molar-refractivity contribution in [2.24, 2.45) is 0 Å². The van der Waals surface area contributed by atoms with Crippen LogP contribution in [0.15, 0.2) is 65.2 Å². The molecule has 126 valence electrons. The molecule has 4 nitrogen and oxygen atoms in total. The minimum Gasteiger partial charge on any atom is -0.360 e. The topological polar surface area (TPSA) is 46.3 Å². The molecular weight excluding hydrogens is 312 g/mol. The first-order chi connectivity index (χ1) is 12.2. The highest BCUT2D eigenvalue weighted by Crippen LogP contribution is 2.40. The molecule has 4 heteroatoms. The number of carbonyl (C=O) groups excluding carboxylic acids is 1. The Morgan fingerprint density at radius 3 is 2.60 bits per heavy atom. The van der Waals surface area contributed by atoms with Gasteiger partial charge < -0.3 is 9.42 Å². The second-order valence-corrected chi connectivity index (χ2v) is 6.57. The fraction of sp³-hybridized carbons (Fsp3) is 0.238. The number of hydrogen-bond donors (Lipinski definition) is 0. The second-order valence-electron chi connectivity index (χ2n) is 6.57. The van der Waals surface area contributed by atoms with Crippen LogP contribution < -0.4 is 0 Å². The molecule has 0 saturated heterocycles. The standard InChI is InChI=1S/C21H20N2O2/c1-23(21(24)19-13-20(25-22-19)16-11-12-16)14-17-9-5-6-10-18(17)15-7-3-2-4-8-15/h2-10,13,16H,11-12,14H2,1H3. The van der Waals surface area contributed by atoms with Gasteiger partial charge in [0.15, 0.2) is 5.69 Å². The van der Waals surface area contributed by atoms with Crippen molar-refractivity contribution in [3.8, 4) is 11.1 Å². The van der Waals surface area contributed by atoms with Crippen molar-refractivity contribution in [3.63, 3.8) is 0 Å². The Bertz CT molecular complexity index is 882. The molecule has 3 aromatic rings. The fourth-order valence-corrected chi connectivity index (χ4v) is 3.03. The summed E-state index contributed by atoms with van der Waals surface area (Å²) in [6.07, 6.45) is 2.26. The number of hydrogen-bond acceptors (Lipinski definition) is 3. The Hall–Kier alpha value is -2.88. The summed E-state index contributed by atoms with van der Waals surface area (Å²) in [5, 5.41) is 3.95. The normalized spacial score (nSPS) is 13.6. The highest BCUT2D eigenvalue weighted by molar-refractivity contribution is 5.92. The van der Waals surface area contributed by atoms with Gasteiger partial charge in [0.1, 0.15) is 5.76 Å². The average molecular weight is 332 g/mol. The molecule has 1 saturated carbocycles. The van der Waals surface area contributed by atoms with Crippen molar-refractivity contribution in [1.82, 2.24) is 10.1 Å². The maximum Gasteiger partial charge on any atom is 0.276 e. The van der Waals surface area contributed by atoms with E-state index in [0.717, 1.165) is 35.3 Å². The molecule has 2 aromatic carbocycles. The lowest BCUT2D eigenvalue weighted by Gasteiger charge is -2.18. The van der Waals surface area contributed by atoms with Crippen molar-refractivity contribution in [3.05, 3.63) is 77.7 Å². The zero-order valence-electron chi connectivity index (χ0n) is 14.2. The fourth-order valence-electron chi connectivity index (χ4n) is 3.03. The van der Waals surface area contributed by atoms with Gasteiger partial charge in [-0.05, 0) is 29.5 Å². The van der Waals surface area contributed by atoms with Gasteiger partial charge in [0.25, 0.3) is 5.91 Å². The molecule has 0 radical (unpaired) electrons. The first-order valence-electron chi connectivity index (χ1n) is 8.58. The van der Waals surface area contributed by atoms with Gasteiger partial charge in [-0.1, -0.05) is 59.8 Å². The third-order valence-corrected chi connectivity index (χ3v) is 4.58. The molecule has 1 aliphatic carbocycles. The zero-order valence-corrected chi connectivity index (χ0v) is 14.2. The number of rotatable bonds is 5. The van der Waals surface area contributed by atoms with Gasteiger partial charge in [-0.25, -0.2) is 0 Å². The Labute approximate surface area is 147 Å². The lowest BCUT2D eigenvalue weighted by molar-refractivity contribution is 0.0775. The minimum absolute atomic E-state index is 0.112. The average Bonchev–Trinajstić information content (AvgIpc) is 3.39. The van der Waals surface area contributed by atoms with Gasteiger partial charge in [-0.15, -0.1) is 0 Å². The van der Waals surface area contributed by atoms with Gasteiger partial charge >= 0.3 is 0 Å². The van der Waals surface area contributed by atoms with Crippen LogP contribution in [0.25, 0.3) is 11.1 Å². The monoisotopic (exact) mass is 332 g/mol. The summed E-state index contributed by atoms with van der Waals surface area (Å²) in [5.74, 6) is 1.18. The van der Waals surface area contributed by atoms with Crippen LogP contribution in [-0.2, 0) is 6.54 Å². The lowest BCUT2D eigenvalue weighted by atomic mass is 9.99. The van der Waals surface area contributed by atoms with E-state index in [1.165, 1.54) is 0 Å². The molecule has 0 atom stereocenters. The number of nitrogens with zero attached hydrogens (tertiary/aromatic N) is 2. The number of carbonyl (C=O) groups is 1. The van der Waals surface area contributed by atoms with Gasteiger partial charge in [-0.2, -0.15) is 0 Å². The first-order valence-corrected chi connectivity index (χ1v) is 8.58. The van der Waals surface area contributed by atoms with Crippen LogP contribution >= 0.6 is 0 Å². The molecule has 0 aliphatic heterocycles. The zero-order chi connectivity index (χ0) is 17.2. The third-order valence-electron chi connectivity index (χ3n) is 4.58. The van der Waals surface area contributed by atoms with E-state index in [0.29, 0.717) is 18.2 Å². The van der Waals surface area contributed by atoms with Crippen LogP contribution in [0.3, 0.4) is 0 Å². The van der Waals surface area contributed by atoms with Crippen molar-refractivity contribution >= 4 is 5.91 Å². The summed E-state index contributed by atoms with van der Waals surface area (Å²) in [5.41, 5.74) is 3.79. The molecular formula is C21H20N2O2. The van der Waals surface area contributed by atoms with Gasteiger partial charge in [0.2, 0.25) is 0 Å². The molecule has 1 aliphatic rings. The van der Waals surface area contributed by atoms with E-state index in [1.54, 1.807) is 18.0 Å². The number of aromatic nitrogens is 1. The Morgan fingerprint density at radius 2 is 1.84 bits per heavy atom. The predicted molar refractivity (Wildman–Crippen MR) is 96.2 cm³/mol. The quantitative estimate of drug-likeness (QED) is 0.691. The van der Waals surface area contributed by atoms with E-state index < -0.39 is 0 Å². The second kappa shape index (κ2) is 6.55. The van der Waals surface area contributed by atoms with Crippen molar-refractivity contribution in [2.75, 3.05) is 7.05 Å².